The molecule has 0 saturated carbocycles. The Balaban J connectivity index is 2.12. The van der Waals surface area contributed by atoms with Crippen molar-refractivity contribution in [2.45, 2.75) is 24.9 Å². The number of carboxylic acid groups (broad SMARTS) is 1. The van der Waals surface area contributed by atoms with Crippen molar-refractivity contribution >= 4 is 17.9 Å². The van der Waals surface area contributed by atoms with Gasteiger partial charge in [0.05, 0.1) is 6.20 Å². The van der Waals surface area contributed by atoms with Gasteiger partial charge in [-0.1, -0.05) is 0 Å². The Morgan fingerprint density at radius 2 is 2.24 bits per heavy atom. The van der Waals surface area contributed by atoms with E-state index in [9.17, 15) is 19.5 Å². The van der Waals surface area contributed by atoms with Gasteiger partial charge in [0.1, 0.15) is 6.04 Å². The highest BCUT2D eigenvalue weighted by Crippen LogP contribution is 2.19. The number of nitrogens with zero attached hydrogens (tertiary/aromatic N) is 3. The fourth-order valence-corrected chi connectivity index (χ4v) is 2.39. The van der Waals surface area contributed by atoms with Crippen LogP contribution in [0.4, 0.5) is 4.79 Å². The number of carbonyl (C=O) groups is 3. The number of aromatic nitrogens is 2. The number of likely N-dealkylation sites (tertiary alicyclic amines) is 1. The topological polar surface area (TPSA) is 131 Å². The first-order valence-corrected chi connectivity index (χ1v) is 6.48. The summed E-state index contributed by atoms with van der Waals surface area (Å²) in [5.41, 5.74) is 5.60. The summed E-state index contributed by atoms with van der Waals surface area (Å²) in [6, 6.07) is -2.53. The van der Waals surface area contributed by atoms with Crippen LogP contribution < -0.4 is 11.1 Å². The lowest BCUT2D eigenvalue weighted by atomic mass is 10.1. The molecule has 2 rings (SSSR count). The van der Waals surface area contributed by atoms with Crippen molar-refractivity contribution in [3.8, 4) is 0 Å². The first kappa shape index (κ1) is 14.8. The molecule has 2 unspecified atom stereocenters. The van der Waals surface area contributed by atoms with Gasteiger partial charge in [-0.2, -0.15) is 5.10 Å². The number of urea groups is 1. The average molecular weight is 295 g/mol. The molecule has 0 spiro atoms. The van der Waals surface area contributed by atoms with Crippen LogP contribution in [0, 0.1) is 0 Å². The molecule has 114 valence electrons. The maximum absolute atomic E-state index is 12.2. The molecule has 4 N–H and O–H groups in total. The van der Waals surface area contributed by atoms with Gasteiger partial charge in [-0.15, -0.1) is 0 Å². The zero-order valence-electron chi connectivity index (χ0n) is 11.5. The molecule has 0 aliphatic carbocycles. The summed E-state index contributed by atoms with van der Waals surface area (Å²) < 4.78 is 1.44. The van der Waals surface area contributed by atoms with E-state index in [1.807, 2.05) is 0 Å². The largest absolute Gasteiger partial charge is 0.479 e. The molecular weight excluding hydrogens is 278 g/mol. The van der Waals surface area contributed by atoms with Crippen LogP contribution in [-0.4, -0.2) is 50.3 Å². The molecule has 1 fully saturated rings. The number of amides is 3. The van der Waals surface area contributed by atoms with Crippen LogP contribution in [-0.2, 0) is 16.6 Å². The third-order valence-electron chi connectivity index (χ3n) is 3.42. The molecule has 21 heavy (non-hydrogen) atoms. The molecule has 1 aromatic rings. The van der Waals surface area contributed by atoms with Gasteiger partial charge in [-0.05, 0) is 12.8 Å². The highest BCUT2D eigenvalue weighted by Gasteiger charge is 2.35. The van der Waals surface area contributed by atoms with E-state index in [2.05, 4.69) is 10.4 Å². The monoisotopic (exact) mass is 295 g/mol. The van der Waals surface area contributed by atoms with E-state index in [-0.39, 0.29) is 0 Å². The SMILES string of the molecule is Cn1cc(C(NC(=O)N2CCCC2C(N)=O)C(=O)O)cn1. The number of carboxylic acids is 1. The van der Waals surface area contributed by atoms with Crippen molar-refractivity contribution < 1.29 is 19.5 Å². The van der Waals surface area contributed by atoms with Gasteiger partial charge in [-0.25, -0.2) is 9.59 Å². The number of aryl methyl sites for hydroxylation is 1. The molecule has 9 nitrogen and oxygen atoms in total. The average Bonchev–Trinajstić information content (AvgIpc) is 3.03. The van der Waals surface area contributed by atoms with E-state index in [0.717, 1.165) is 0 Å². The van der Waals surface area contributed by atoms with Crippen LogP contribution in [0.15, 0.2) is 12.4 Å². The highest BCUT2D eigenvalue weighted by atomic mass is 16.4. The van der Waals surface area contributed by atoms with E-state index in [0.29, 0.717) is 24.9 Å². The van der Waals surface area contributed by atoms with Crippen molar-refractivity contribution in [2.75, 3.05) is 6.54 Å². The second-order valence-corrected chi connectivity index (χ2v) is 4.92. The summed E-state index contributed by atoms with van der Waals surface area (Å²) in [6.45, 7) is 0.374. The predicted octanol–water partition coefficient (Wildman–Crippen LogP) is -0.795. The maximum atomic E-state index is 12.2. The van der Waals surface area contributed by atoms with Crippen LogP contribution in [0.2, 0.25) is 0 Å². The lowest BCUT2D eigenvalue weighted by molar-refractivity contribution is -0.139. The second kappa shape index (κ2) is 5.81. The van der Waals surface area contributed by atoms with Crippen LogP contribution in [0.5, 0.6) is 0 Å². The number of rotatable bonds is 4. The van der Waals surface area contributed by atoms with Crippen molar-refractivity contribution in [1.82, 2.24) is 20.0 Å². The molecule has 3 amide bonds. The number of carbonyl (C=O) groups excluding carboxylic acids is 2. The minimum Gasteiger partial charge on any atom is -0.479 e. The van der Waals surface area contributed by atoms with Gasteiger partial charge >= 0.3 is 12.0 Å². The van der Waals surface area contributed by atoms with E-state index in [1.54, 1.807) is 7.05 Å². The first-order valence-electron chi connectivity index (χ1n) is 6.48. The van der Waals surface area contributed by atoms with Crippen molar-refractivity contribution in [1.29, 1.82) is 0 Å². The van der Waals surface area contributed by atoms with Crippen molar-refractivity contribution in [3.05, 3.63) is 18.0 Å². The lowest BCUT2D eigenvalue weighted by Gasteiger charge is -2.24. The maximum Gasteiger partial charge on any atom is 0.331 e. The number of nitrogens with one attached hydrogen (secondary N) is 1. The van der Waals surface area contributed by atoms with Gasteiger partial charge in [0.2, 0.25) is 5.91 Å². The number of hydrogen-bond donors (Lipinski definition) is 3. The molecule has 1 aliphatic heterocycles. The molecule has 0 radical (unpaired) electrons. The molecule has 1 aromatic heterocycles. The van der Waals surface area contributed by atoms with Gasteiger partial charge in [0.25, 0.3) is 0 Å². The molecule has 2 atom stereocenters. The number of hydrogen-bond acceptors (Lipinski definition) is 4. The Kier molecular flexibility index (Phi) is 4.10. The Bertz CT molecular complexity index is 570. The van der Waals surface area contributed by atoms with Gasteiger partial charge in [-0.3, -0.25) is 9.48 Å². The Morgan fingerprint density at radius 3 is 2.76 bits per heavy atom. The second-order valence-electron chi connectivity index (χ2n) is 4.92. The quantitative estimate of drug-likeness (QED) is 0.669. The van der Waals surface area contributed by atoms with Crippen LogP contribution >= 0.6 is 0 Å². The van der Waals surface area contributed by atoms with Crippen LogP contribution in [0.1, 0.15) is 24.4 Å². The number of primary amides is 1. The van der Waals surface area contributed by atoms with Gasteiger partial charge < -0.3 is 21.1 Å². The lowest BCUT2D eigenvalue weighted by Crippen LogP contribution is -2.49. The summed E-state index contributed by atoms with van der Waals surface area (Å²) in [4.78, 5) is 36.0. The highest BCUT2D eigenvalue weighted by molar-refractivity contribution is 5.88. The summed E-state index contributed by atoms with van der Waals surface area (Å²) in [6.07, 6.45) is 4.03. The normalized spacial score (nSPS) is 19.3. The van der Waals surface area contributed by atoms with Crippen LogP contribution in [0.3, 0.4) is 0 Å². The third kappa shape index (κ3) is 3.12. The Labute approximate surface area is 120 Å². The minimum atomic E-state index is -1.22. The van der Waals surface area contributed by atoms with Crippen LogP contribution in [0.25, 0.3) is 0 Å². The van der Waals surface area contributed by atoms with E-state index in [4.69, 9.17) is 5.73 Å². The van der Waals surface area contributed by atoms with Crippen molar-refractivity contribution in [2.24, 2.45) is 12.8 Å². The fourth-order valence-electron chi connectivity index (χ4n) is 2.39. The third-order valence-corrected chi connectivity index (χ3v) is 3.42. The summed E-state index contributed by atoms with van der Waals surface area (Å²) in [7, 11) is 1.65. The molecule has 0 bridgehead atoms. The molecule has 2 heterocycles. The number of aliphatic carboxylic acids is 1. The summed E-state index contributed by atoms with van der Waals surface area (Å²) >= 11 is 0. The Morgan fingerprint density at radius 1 is 1.52 bits per heavy atom. The first-order chi connectivity index (χ1) is 9.90. The van der Waals surface area contributed by atoms with E-state index in [1.165, 1.54) is 22.0 Å². The molecule has 0 aromatic carbocycles. The fraction of sp³-hybridized carbons (Fsp3) is 0.500. The summed E-state index contributed by atoms with van der Waals surface area (Å²) in [5.74, 6) is -1.79. The van der Waals surface area contributed by atoms with E-state index < -0.39 is 30.0 Å². The molecule has 9 heteroatoms. The van der Waals surface area contributed by atoms with Crippen molar-refractivity contribution in [3.63, 3.8) is 0 Å². The zero-order valence-corrected chi connectivity index (χ0v) is 11.5. The zero-order chi connectivity index (χ0) is 15.6. The summed E-state index contributed by atoms with van der Waals surface area (Å²) in [5, 5.41) is 15.5. The Hall–Kier alpha value is -2.58. The van der Waals surface area contributed by atoms with Gasteiger partial charge in [0, 0.05) is 25.4 Å². The molecular formula is C12H17N5O4. The minimum absolute atomic E-state index is 0.355. The van der Waals surface area contributed by atoms with E-state index >= 15 is 0 Å². The predicted molar refractivity (Wildman–Crippen MR) is 71.0 cm³/mol. The number of nitrogens with two attached hydrogens (primary N) is 1. The standard InChI is InChI=1S/C12H17N5O4/c1-16-6-7(5-14-16)9(11(19)20)15-12(21)17-4-2-3-8(17)10(13)18/h5-6,8-9H,2-4H2,1H3,(H2,13,18)(H,15,21)(H,19,20). The smallest absolute Gasteiger partial charge is 0.331 e. The van der Waals surface area contributed by atoms with Gasteiger partial charge in [0.15, 0.2) is 6.04 Å². The molecule has 1 saturated heterocycles. The molecule has 1 aliphatic rings.